The summed E-state index contributed by atoms with van der Waals surface area (Å²) in [5, 5.41) is 3.11. The summed E-state index contributed by atoms with van der Waals surface area (Å²) in [6.45, 7) is 3.46. The highest BCUT2D eigenvalue weighted by Crippen LogP contribution is 2.38. The van der Waals surface area contributed by atoms with Crippen LogP contribution in [0.3, 0.4) is 0 Å². The van der Waals surface area contributed by atoms with Crippen LogP contribution >= 0.6 is 0 Å². The van der Waals surface area contributed by atoms with Crippen LogP contribution in [0.1, 0.15) is 12.5 Å². The van der Waals surface area contributed by atoms with Gasteiger partial charge in [-0.1, -0.05) is 0 Å². The van der Waals surface area contributed by atoms with Crippen molar-refractivity contribution in [2.24, 2.45) is 0 Å². The third-order valence-corrected chi connectivity index (χ3v) is 2.80. The molecule has 100 valence electrons. The Labute approximate surface area is 107 Å². The van der Waals surface area contributed by atoms with Gasteiger partial charge < -0.3 is 24.3 Å². The Balaban J connectivity index is 2.15. The molecule has 1 heterocycles. The van der Waals surface area contributed by atoms with Gasteiger partial charge in [0.1, 0.15) is 12.4 Å². The second-order valence-corrected chi connectivity index (χ2v) is 4.20. The molecule has 0 saturated heterocycles. The number of nitrogens with one attached hydrogen (secondary N) is 1. The molecule has 1 aliphatic rings. The number of fused-ring (bicyclic) bond motifs is 1. The number of methoxy groups -OCH3 is 1. The molecule has 1 aromatic rings. The molecule has 0 aliphatic carbocycles. The van der Waals surface area contributed by atoms with E-state index < -0.39 is 0 Å². The van der Waals surface area contributed by atoms with E-state index in [4.69, 9.17) is 18.9 Å². The van der Waals surface area contributed by atoms with E-state index in [2.05, 4.69) is 5.32 Å². The van der Waals surface area contributed by atoms with E-state index in [0.717, 1.165) is 22.8 Å². The van der Waals surface area contributed by atoms with Gasteiger partial charge in [-0.25, -0.2) is 0 Å². The van der Waals surface area contributed by atoms with E-state index in [-0.39, 0.29) is 12.9 Å². The van der Waals surface area contributed by atoms with E-state index in [1.165, 1.54) is 0 Å². The zero-order chi connectivity index (χ0) is 13.0. The molecule has 1 aliphatic heterocycles. The van der Waals surface area contributed by atoms with Crippen LogP contribution in [0.5, 0.6) is 17.2 Å². The molecule has 1 N–H and O–H groups in total. The molecular formula is C13H19NO4. The molecule has 18 heavy (non-hydrogen) atoms. The van der Waals surface area contributed by atoms with Crippen LogP contribution in [-0.2, 0) is 11.3 Å². The van der Waals surface area contributed by atoms with Crippen LogP contribution in [-0.4, -0.2) is 33.7 Å². The van der Waals surface area contributed by atoms with Crippen LogP contribution in [0.2, 0.25) is 0 Å². The van der Waals surface area contributed by atoms with Gasteiger partial charge in [-0.2, -0.15) is 0 Å². The fourth-order valence-electron chi connectivity index (χ4n) is 1.70. The Morgan fingerprint density at radius 1 is 1.33 bits per heavy atom. The van der Waals surface area contributed by atoms with Crippen molar-refractivity contribution in [1.82, 2.24) is 5.32 Å². The van der Waals surface area contributed by atoms with Gasteiger partial charge in [0.05, 0.1) is 6.10 Å². The van der Waals surface area contributed by atoms with Crippen LogP contribution in [0.25, 0.3) is 0 Å². The molecule has 5 nitrogen and oxygen atoms in total. The first-order valence-electron chi connectivity index (χ1n) is 5.97. The highest BCUT2D eigenvalue weighted by Gasteiger charge is 2.18. The van der Waals surface area contributed by atoms with Crippen molar-refractivity contribution in [3.8, 4) is 17.2 Å². The first-order chi connectivity index (χ1) is 8.74. The van der Waals surface area contributed by atoms with Gasteiger partial charge >= 0.3 is 0 Å². The first kappa shape index (κ1) is 13.0. The van der Waals surface area contributed by atoms with Crippen LogP contribution < -0.4 is 19.5 Å². The summed E-state index contributed by atoms with van der Waals surface area (Å²) in [7, 11) is 3.56. The molecule has 2 rings (SSSR count). The summed E-state index contributed by atoms with van der Waals surface area (Å²) in [6.07, 6.45) is 0.0536. The topological polar surface area (TPSA) is 49.0 Å². The Morgan fingerprint density at radius 2 is 2.06 bits per heavy atom. The van der Waals surface area contributed by atoms with Crippen molar-refractivity contribution in [3.63, 3.8) is 0 Å². The minimum Gasteiger partial charge on any atom is -0.490 e. The summed E-state index contributed by atoms with van der Waals surface area (Å²) >= 11 is 0. The molecule has 1 atom stereocenters. The lowest BCUT2D eigenvalue weighted by molar-refractivity contribution is 0.0712. The number of ether oxygens (including phenoxy) is 4. The number of hydrogen-bond donors (Lipinski definition) is 1. The zero-order valence-corrected chi connectivity index (χ0v) is 11.0. The Hall–Kier alpha value is -1.46. The molecule has 0 amide bonds. The van der Waals surface area contributed by atoms with E-state index in [1.54, 1.807) is 7.11 Å². The van der Waals surface area contributed by atoms with E-state index in [0.29, 0.717) is 13.2 Å². The molecule has 1 unspecified atom stereocenters. The van der Waals surface area contributed by atoms with Gasteiger partial charge in [-0.15, -0.1) is 0 Å². The predicted octanol–water partition coefficient (Wildman–Crippen LogP) is 1.55. The van der Waals surface area contributed by atoms with E-state index in [1.807, 2.05) is 26.1 Å². The average Bonchev–Trinajstić information content (AvgIpc) is 2.83. The Bertz CT molecular complexity index is 408. The third kappa shape index (κ3) is 2.86. The van der Waals surface area contributed by atoms with Crippen molar-refractivity contribution in [1.29, 1.82) is 0 Å². The summed E-state index contributed by atoms with van der Waals surface area (Å²) < 4.78 is 21.6. The van der Waals surface area contributed by atoms with Crippen LogP contribution in [0.15, 0.2) is 12.1 Å². The van der Waals surface area contributed by atoms with Crippen molar-refractivity contribution in [2.75, 3.05) is 27.6 Å². The van der Waals surface area contributed by atoms with Crippen LogP contribution in [0.4, 0.5) is 0 Å². The zero-order valence-electron chi connectivity index (χ0n) is 11.0. The standard InChI is InChI=1S/C13H19NO4/c1-9(15-3)7-16-11-5-13-12(17-8-18-13)4-10(11)6-14-2/h4-5,9,14H,6-8H2,1-3H3. The van der Waals surface area contributed by atoms with Crippen molar-refractivity contribution >= 4 is 0 Å². The van der Waals surface area contributed by atoms with Gasteiger partial charge in [0.15, 0.2) is 11.5 Å². The third-order valence-electron chi connectivity index (χ3n) is 2.80. The lowest BCUT2D eigenvalue weighted by Crippen LogP contribution is -2.17. The average molecular weight is 253 g/mol. The quantitative estimate of drug-likeness (QED) is 0.833. The molecule has 0 spiro atoms. The number of benzene rings is 1. The van der Waals surface area contributed by atoms with Gasteiger partial charge in [-0.3, -0.25) is 0 Å². The smallest absolute Gasteiger partial charge is 0.231 e. The maximum absolute atomic E-state index is 5.77. The number of rotatable bonds is 6. The van der Waals surface area contributed by atoms with Crippen molar-refractivity contribution in [2.45, 2.75) is 19.6 Å². The number of hydrogen-bond acceptors (Lipinski definition) is 5. The molecule has 0 radical (unpaired) electrons. The maximum Gasteiger partial charge on any atom is 0.231 e. The second-order valence-electron chi connectivity index (χ2n) is 4.20. The van der Waals surface area contributed by atoms with E-state index in [9.17, 15) is 0 Å². The van der Waals surface area contributed by atoms with Gasteiger partial charge in [0.2, 0.25) is 6.79 Å². The minimum absolute atomic E-state index is 0.0536. The Morgan fingerprint density at radius 3 is 2.72 bits per heavy atom. The summed E-state index contributed by atoms with van der Waals surface area (Å²) in [4.78, 5) is 0. The monoisotopic (exact) mass is 253 g/mol. The normalized spacial score (nSPS) is 14.6. The van der Waals surface area contributed by atoms with Crippen molar-refractivity contribution in [3.05, 3.63) is 17.7 Å². The molecule has 0 bridgehead atoms. The largest absolute Gasteiger partial charge is 0.490 e. The predicted molar refractivity (Wildman–Crippen MR) is 67.3 cm³/mol. The second kappa shape index (κ2) is 5.93. The fourth-order valence-corrected chi connectivity index (χ4v) is 1.70. The molecule has 0 aromatic heterocycles. The first-order valence-corrected chi connectivity index (χ1v) is 5.97. The van der Waals surface area contributed by atoms with Crippen LogP contribution in [0, 0.1) is 0 Å². The van der Waals surface area contributed by atoms with Gasteiger partial charge in [0, 0.05) is 25.3 Å². The highest BCUT2D eigenvalue weighted by molar-refractivity contribution is 5.51. The van der Waals surface area contributed by atoms with Crippen molar-refractivity contribution < 1.29 is 18.9 Å². The fraction of sp³-hybridized carbons (Fsp3) is 0.538. The van der Waals surface area contributed by atoms with Gasteiger partial charge in [0.25, 0.3) is 0 Å². The molecular weight excluding hydrogens is 234 g/mol. The maximum atomic E-state index is 5.77. The van der Waals surface area contributed by atoms with E-state index >= 15 is 0 Å². The molecule has 5 heteroatoms. The summed E-state index contributed by atoms with van der Waals surface area (Å²) in [6, 6.07) is 3.82. The molecule has 1 aromatic carbocycles. The SMILES string of the molecule is CNCc1cc2c(cc1OCC(C)OC)OCO2. The summed E-state index contributed by atoms with van der Waals surface area (Å²) in [5.74, 6) is 2.31. The minimum atomic E-state index is 0.0536. The lowest BCUT2D eigenvalue weighted by atomic mass is 10.1. The Kier molecular flexibility index (Phi) is 4.28. The molecule has 0 saturated carbocycles. The lowest BCUT2D eigenvalue weighted by Gasteiger charge is -2.15. The highest BCUT2D eigenvalue weighted by atomic mass is 16.7. The summed E-state index contributed by atoms with van der Waals surface area (Å²) in [5.41, 5.74) is 1.05. The molecule has 0 fully saturated rings. The van der Waals surface area contributed by atoms with Gasteiger partial charge in [-0.05, 0) is 20.0 Å².